The summed E-state index contributed by atoms with van der Waals surface area (Å²) >= 11 is 0. The van der Waals surface area contributed by atoms with Crippen LogP contribution in [0.25, 0.3) is 0 Å². The highest BCUT2D eigenvalue weighted by Gasteiger charge is 2.52. The summed E-state index contributed by atoms with van der Waals surface area (Å²) < 4.78 is 15.3. The summed E-state index contributed by atoms with van der Waals surface area (Å²) in [5, 5.41) is 24.4. The zero-order valence-corrected chi connectivity index (χ0v) is 22.6. The van der Waals surface area contributed by atoms with Gasteiger partial charge in [-0.2, -0.15) is 5.10 Å². The molecule has 3 unspecified atom stereocenters. The van der Waals surface area contributed by atoms with Gasteiger partial charge in [0, 0.05) is 24.8 Å². The number of fused-ring (bicyclic) bond motifs is 2. The quantitative estimate of drug-likeness (QED) is 0.502. The SMILES string of the molecule is CC1CC(CNC(=O)c2nc3n(c(=O)c2O)CC2(N(C)C)CCC3(NC(=O)c3cccnn3)CC2)CCC1F. The van der Waals surface area contributed by atoms with Crippen LogP contribution in [-0.2, 0) is 12.1 Å². The summed E-state index contributed by atoms with van der Waals surface area (Å²) in [6, 6.07) is 3.17. The van der Waals surface area contributed by atoms with E-state index in [2.05, 4.69) is 30.7 Å². The van der Waals surface area contributed by atoms with Gasteiger partial charge in [0.2, 0.25) is 5.75 Å². The van der Waals surface area contributed by atoms with Crippen molar-refractivity contribution < 1.29 is 19.1 Å². The Labute approximate surface area is 226 Å². The van der Waals surface area contributed by atoms with E-state index in [0.29, 0.717) is 51.5 Å². The van der Waals surface area contributed by atoms with Crippen molar-refractivity contribution in [3.8, 4) is 5.75 Å². The molecule has 2 aliphatic heterocycles. The van der Waals surface area contributed by atoms with E-state index in [-0.39, 0.29) is 41.1 Å². The number of rotatable bonds is 6. The van der Waals surface area contributed by atoms with E-state index in [0.717, 1.165) is 0 Å². The second-order valence-corrected chi connectivity index (χ2v) is 11.7. The maximum Gasteiger partial charge on any atom is 0.296 e. The number of carbonyl (C=O) groups is 2. The van der Waals surface area contributed by atoms with Crippen molar-refractivity contribution in [1.82, 2.24) is 35.3 Å². The maximum absolute atomic E-state index is 13.9. The van der Waals surface area contributed by atoms with E-state index >= 15 is 0 Å². The van der Waals surface area contributed by atoms with Gasteiger partial charge in [0.05, 0.1) is 5.54 Å². The van der Waals surface area contributed by atoms with Crippen LogP contribution in [0, 0.1) is 11.8 Å². The highest BCUT2D eigenvalue weighted by atomic mass is 19.1. The highest BCUT2D eigenvalue weighted by molar-refractivity contribution is 5.95. The van der Waals surface area contributed by atoms with E-state index < -0.39 is 34.8 Å². The molecule has 12 heteroatoms. The topological polar surface area (TPSA) is 142 Å². The number of nitrogens with one attached hydrogen (secondary N) is 2. The zero-order chi connectivity index (χ0) is 27.9. The fraction of sp³-hybridized carbons (Fsp3) is 0.630. The molecular formula is C27H36FN7O4. The lowest BCUT2D eigenvalue weighted by Gasteiger charge is -2.45. The average molecular weight is 542 g/mol. The Morgan fingerprint density at radius 1 is 1.21 bits per heavy atom. The third kappa shape index (κ3) is 4.90. The molecule has 2 fully saturated rings. The fourth-order valence-corrected chi connectivity index (χ4v) is 6.48. The number of halogens is 1. The van der Waals surface area contributed by atoms with Crippen LogP contribution in [-0.4, -0.2) is 73.9 Å². The Bertz CT molecular complexity index is 1310. The molecule has 3 N–H and O–H groups in total. The van der Waals surface area contributed by atoms with Crippen LogP contribution in [0.2, 0.25) is 0 Å². The highest BCUT2D eigenvalue weighted by Crippen LogP contribution is 2.47. The smallest absolute Gasteiger partial charge is 0.296 e. The van der Waals surface area contributed by atoms with Gasteiger partial charge in [-0.1, -0.05) is 6.92 Å². The van der Waals surface area contributed by atoms with E-state index in [9.17, 15) is 23.9 Å². The average Bonchev–Trinajstić information content (AvgIpc) is 3.16. The zero-order valence-electron chi connectivity index (χ0n) is 22.6. The number of carbonyl (C=O) groups excluding carboxylic acids is 2. The maximum atomic E-state index is 13.9. The van der Waals surface area contributed by atoms with Crippen LogP contribution in [0.5, 0.6) is 5.75 Å². The minimum Gasteiger partial charge on any atom is -0.501 e. The Kier molecular flexibility index (Phi) is 7.17. The molecule has 4 aliphatic rings. The normalized spacial score (nSPS) is 29.9. The lowest BCUT2D eigenvalue weighted by atomic mass is 9.72. The molecule has 0 aromatic carbocycles. The molecular weight excluding hydrogens is 505 g/mol. The largest absolute Gasteiger partial charge is 0.501 e. The van der Waals surface area contributed by atoms with Crippen molar-refractivity contribution >= 4 is 11.8 Å². The predicted octanol–water partition coefficient (Wildman–Crippen LogP) is 1.76. The number of amides is 2. The lowest BCUT2D eigenvalue weighted by molar-refractivity contribution is 0.0546. The van der Waals surface area contributed by atoms with Gasteiger partial charge in [0.1, 0.15) is 12.0 Å². The molecule has 0 saturated heterocycles. The van der Waals surface area contributed by atoms with Gasteiger partial charge in [0.25, 0.3) is 17.4 Å². The van der Waals surface area contributed by atoms with Crippen molar-refractivity contribution in [1.29, 1.82) is 0 Å². The minimum atomic E-state index is -1.04. The lowest BCUT2D eigenvalue weighted by Crippen LogP contribution is -2.54. The molecule has 2 aromatic rings. The first-order chi connectivity index (χ1) is 18.5. The van der Waals surface area contributed by atoms with Crippen molar-refractivity contribution in [2.75, 3.05) is 20.6 Å². The van der Waals surface area contributed by atoms with Crippen LogP contribution in [0.15, 0.2) is 23.1 Å². The number of aromatic nitrogens is 4. The number of hydrogen-bond donors (Lipinski definition) is 3. The van der Waals surface area contributed by atoms with Crippen LogP contribution in [0.1, 0.15) is 78.7 Å². The molecule has 210 valence electrons. The first kappa shape index (κ1) is 27.2. The molecule has 4 heterocycles. The van der Waals surface area contributed by atoms with E-state index in [1.807, 2.05) is 21.0 Å². The van der Waals surface area contributed by atoms with Gasteiger partial charge in [-0.3, -0.25) is 19.0 Å². The molecule has 2 aromatic heterocycles. The molecule has 2 bridgehead atoms. The second-order valence-electron chi connectivity index (χ2n) is 11.7. The summed E-state index contributed by atoms with van der Waals surface area (Å²) in [5.74, 6) is -1.57. The fourth-order valence-electron chi connectivity index (χ4n) is 6.48. The van der Waals surface area contributed by atoms with Crippen LogP contribution >= 0.6 is 0 Å². The van der Waals surface area contributed by atoms with Crippen LogP contribution in [0.4, 0.5) is 4.39 Å². The number of aromatic hydroxyl groups is 1. The molecule has 2 amide bonds. The Morgan fingerprint density at radius 3 is 2.59 bits per heavy atom. The van der Waals surface area contributed by atoms with Crippen molar-refractivity contribution in [2.24, 2.45) is 11.8 Å². The first-order valence-corrected chi connectivity index (χ1v) is 13.6. The van der Waals surface area contributed by atoms with Crippen molar-refractivity contribution in [3.05, 3.63) is 45.9 Å². The standard InChI is InChI=1S/C27H36FN7O4/c1-16-13-17(6-7-18(16)28)14-29-23(38)20-21(36)24(39)35-15-26(34(2)3)8-10-27(11-9-26,25(35)31-20)32-22(37)19-5-4-12-30-33-19/h4-5,12,16-18,36H,6-11,13-15H2,1-3H3,(H,29,38)(H,32,37). The minimum absolute atomic E-state index is 0.0820. The Morgan fingerprint density at radius 2 is 1.95 bits per heavy atom. The van der Waals surface area contributed by atoms with E-state index in [1.54, 1.807) is 12.1 Å². The molecule has 2 aliphatic carbocycles. The molecule has 2 saturated carbocycles. The van der Waals surface area contributed by atoms with Gasteiger partial charge in [0.15, 0.2) is 11.4 Å². The number of alkyl halides is 1. The Hall–Kier alpha value is -3.41. The molecule has 39 heavy (non-hydrogen) atoms. The number of hydrogen-bond acceptors (Lipinski definition) is 8. The van der Waals surface area contributed by atoms with E-state index in [4.69, 9.17) is 0 Å². The van der Waals surface area contributed by atoms with Gasteiger partial charge < -0.3 is 20.6 Å². The summed E-state index contributed by atoms with van der Waals surface area (Å²) in [6.45, 7) is 2.43. The molecule has 6 rings (SSSR count). The third-order valence-corrected chi connectivity index (χ3v) is 9.11. The van der Waals surface area contributed by atoms with Crippen LogP contribution in [0.3, 0.4) is 0 Å². The number of nitrogens with zero attached hydrogens (tertiary/aromatic N) is 5. The summed E-state index contributed by atoms with van der Waals surface area (Å²) in [4.78, 5) is 46.7. The third-order valence-electron chi connectivity index (χ3n) is 9.11. The Balaban J connectivity index is 1.50. The summed E-state index contributed by atoms with van der Waals surface area (Å²) in [6.07, 6.45) is 4.71. The van der Waals surface area contributed by atoms with Gasteiger partial charge in [-0.15, -0.1) is 5.10 Å². The molecule has 0 spiro atoms. The van der Waals surface area contributed by atoms with E-state index in [1.165, 1.54) is 10.8 Å². The summed E-state index contributed by atoms with van der Waals surface area (Å²) in [7, 11) is 3.90. The van der Waals surface area contributed by atoms with Crippen molar-refractivity contribution in [2.45, 2.75) is 75.7 Å². The molecule has 0 radical (unpaired) electrons. The second kappa shape index (κ2) is 10.3. The van der Waals surface area contributed by atoms with Gasteiger partial charge in [-0.25, -0.2) is 9.37 Å². The molecule has 11 nitrogen and oxygen atoms in total. The predicted molar refractivity (Wildman–Crippen MR) is 140 cm³/mol. The summed E-state index contributed by atoms with van der Waals surface area (Å²) in [5.41, 5.74) is -2.37. The first-order valence-electron chi connectivity index (χ1n) is 13.6. The van der Waals surface area contributed by atoms with Crippen molar-refractivity contribution in [3.63, 3.8) is 0 Å². The number of likely N-dealkylation sites (N-methyl/N-ethyl adjacent to an activating group) is 1. The van der Waals surface area contributed by atoms with Crippen LogP contribution < -0.4 is 16.2 Å². The van der Waals surface area contributed by atoms with Gasteiger partial charge in [-0.05, 0) is 83.0 Å². The van der Waals surface area contributed by atoms with Gasteiger partial charge >= 0.3 is 0 Å². The monoisotopic (exact) mass is 541 g/mol. The molecule has 3 atom stereocenters.